The summed E-state index contributed by atoms with van der Waals surface area (Å²) in [7, 11) is 0. The topological polar surface area (TPSA) is 14.8 Å². The zero-order chi connectivity index (χ0) is 77.5. The summed E-state index contributed by atoms with van der Waals surface area (Å²) >= 11 is 0. The standard InChI is InChI=1S/C88H60BN3/c1-88(2,3)59-53-80-83-81(54-59)92-85-61(57-31-11-6-12-32-57)44-26-46-73(85)67-38-17-14-35-64(67)65-36-19-20-42-71(65)82-79(90-77-47-23-21-40-69(77)70-41-22-24-48-78(70)90)50-49-75(87(82)92)89(83)76-52-58(55-27-7-4-8-28-55)51-74-68-39-18-15-34-63(68)62-33-13-16-37-66(62)72-45-25-43-60(56-29-9-5-10-30-56)84(72)91(80)86(74)76/h4-54H,1-3H3/i4D,7D,8D,21D,22D,23D,24D,27D,28D,40D,41D,47D,48D,49D,50D,51D,52D,53D,54D. The van der Waals surface area contributed by atoms with Crippen molar-refractivity contribution in [1.29, 1.82) is 0 Å². The average molecular weight is 1190 g/mol. The van der Waals surface area contributed by atoms with E-state index < -0.39 is 120 Å². The molecule has 3 nitrogen and oxygen atoms in total. The molecular formula is C88H60BN3. The van der Waals surface area contributed by atoms with Gasteiger partial charge in [-0.1, -0.05) is 293 Å². The zero-order valence-corrected chi connectivity index (χ0v) is 49.9. The van der Waals surface area contributed by atoms with Crippen LogP contribution in [0.4, 0.5) is 0 Å². The van der Waals surface area contributed by atoms with Gasteiger partial charge in [-0.2, -0.15) is 0 Å². The van der Waals surface area contributed by atoms with Crippen LogP contribution in [0.3, 0.4) is 0 Å². The lowest BCUT2D eigenvalue weighted by molar-refractivity contribution is 0.589. The van der Waals surface area contributed by atoms with Crippen LogP contribution in [0.1, 0.15) is 52.4 Å². The molecule has 0 N–H and O–H groups in total. The third kappa shape index (κ3) is 7.58. The normalized spacial score (nSPS) is 15.4. The van der Waals surface area contributed by atoms with E-state index in [1.807, 2.05) is 218 Å². The second-order valence-electron chi connectivity index (χ2n) is 24.7. The van der Waals surface area contributed by atoms with E-state index in [1.54, 1.807) is 6.07 Å². The molecule has 430 valence electrons. The molecule has 14 aromatic carbocycles. The second kappa shape index (κ2) is 20.0. The van der Waals surface area contributed by atoms with Crippen LogP contribution in [-0.2, 0) is 5.41 Å². The summed E-state index contributed by atoms with van der Waals surface area (Å²) < 4.78 is 199. The van der Waals surface area contributed by atoms with Crippen molar-refractivity contribution in [2.75, 3.05) is 0 Å². The molecule has 0 bridgehead atoms. The van der Waals surface area contributed by atoms with Crippen molar-refractivity contribution >= 4 is 132 Å². The van der Waals surface area contributed by atoms with Crippen LogP contribution in [0.5, 0.6) is 0 Å². The fraction of sp³-hybridized carbons (Fsp3) is 0.0455. The van der Waals surface area contributed by atoms with E-state index >= 15 is 0 Å². The van der Waals surface area contributed by atoms with E-state index in [1.165, 1.54) is 4.57 Å². The van der Waals surface area contributed by atoms with Crippen molar-refractivity contribution in [3.05, 3.63) is 314 Å². The van der Waals surface area contributed by atoms with Gasteiger partial charge in [-0.15, -0.1) is 0 Å². The Morgan fingerprint density at radius 3 is 1.25 bits per heavy atom. The van der Waals surface area contributed by atoms with Crippen LogP contribution >= 0.6 is 0 Å². The van der Waals surface area contributed by atoms with Crippen LogP contribution in [0.15, 0.2) is 309 Å². The number of nitrogens with zero attached hydrogens (tertiary/aromatic N) is 3. The van der Waals surface area contributed by atoms with Crippen LogP contribution in [0.2, 0.25) is 0 Å². The maximum atomic E-state index is 11.7. The van der Waals surface area contributed by atoms with Gasteiger partial charge >= 0.3 is 0 Å². The molecule has 0 unspecified atom stereocenters. The van der Waals surface area contributed by atoms with E-state index in [-0.39, 0.29) is 100 Å². The van der Waals surface area contributed by atoms with Crippen molar-refractivity contribution in [2.24, 2.45) is 0 Å². The summed E-state index contributed by atoms with van der Waals surface area (Å²) in [6, 6.07) is 50.0. The lowest BCUT2D eigenvalue weighted by Crippen LogP contribution is -2.60. The Balaban J connectivity index is 1.24. The van der Waals surface area contributed by atoms with Gasteiger partial charge in [0.1, 0.15) is 0 Å². The minimum atomic E-state index is -1.66. The van der Waals surface area contributed by atoms with Crippen molar-refractivity contribution < 1.29 is 26.0 Å². The third-order valence-corrected chi connectivity index (χ3v) is 18.7. The highest BCUT2D eigenvalue weighted by molar-refractivity contribution is 7.00. The van der Waals surface area contributed by atoms with Gasteiger partial charge in [0, 0.05) is 60.3 Å². The van der Waals surface area contributed by atoms with E-state index in [0.717, 1.165) is 10.9 Å². The number of para-hydroxylation sites is 4. The zero-order valence-electron chi connectivity index (χ0n) is 68.9. The number of fused-ring (bicyclic) bond motifs is 21. The molecule has 0 saturated heterocycles. The van der Waals surface area contributed by atoms with Crippen molar-refractivity contribution in [3.8, 4) is 50.4 Å². The maximum Gasteiger partial charge on any atom is 0.252 e. The lowest BCUT2D eigenvalue weighted by atomic mass is 9.34. The summed E-state index contributed by atoms with van der Waals surface area (Å²) in [4.78, 5) is 0. The van der Waals surface area contributed by atoms with Gasteiger partial charge in [0.05, 0.1) is 59.3 Å². The summed E-state index contributed by atoms with van der Waals surface area (Å²) in [6.45, 7) is 4.12. The number of hydrogen-bond acceptors (Lipinski definition) is 0. The number of hydrogen-bond donors (Lipinski definition) is 0. The lowest BCUT2D eigenvalue weighted by Gasteiger charge is -2.38. The highest BCUT2D eigenvalue weighted by Gasteiger charge is 2.42. The predicted octanol–water partition coefficient (Wildman–Crippen LogP) is 21.3. The molecule has 4 heteroatoms. The summed E-state index contributed by atoms with van der Waals surface area (Å²) in [5, 5.41) is 5.46. The van der Waals surface area contributed by atoms with Gasteiger partial charge in [-0.05, 0) is 129 Å². The molecule has 5 heterocycles. The molecule has 0 aliphatic carbocycles. The highest BCUT2D eigenvalue weighted by atomic mass is 15.0. The Hall–Kier alpha value is -11.5. The predicted molar refractivity (Wildman–Crippen MR) is 394 cm³/mol. The molecule has 0 spiro atoms. The Morgan fingerprint density at radius 1 is 0.293 bits per heavy atom. The van der Waals surface area contributed by atoms with Gasteiger partial charge in [-0.3, -0.25) is 0 Å². The van der Waals surface area contributed by atoms with Crippen molar-refractivity contribution in [2.45, 2.75) is 26.2 Å². The molecule has 92 heavy (non-hydrogen) atoms. The van der Waals surface area contributed by atoms with Gasteiger partial charge < -0.3 is 13.7 Å². The molecular weight excluding hydrogens is 1110 g/mol. The van der Waals surface area contributed by atoms with Gasteiger partial charge in [0.25, 0.3) is 6.71 Å². The maximum absolute atomic E-state index is 11.7. The first kappa shape index (κ1) is 36.9. The first-order valence-electron chi connectivity index (χ1n) is 40.2. The third-order valence-electron chi connectivity index (χ3n) is 18.7. The Bertz CT molecular complexity index is 7260. The van der Waals surface area contributed by atoms with E-state index in [0.29, 0.717) is 76.2 Å². The fourth-order valence-corrected chi connectivity index (χ4v) is 14.8. The van der Waals surface area contributed by atoms with Gasteiger partial charge in [0.2, 0.25) is 0 Å². The van der Waals surface area contributed by atoms with E-state index in [4.69, 9.17) is 1.37 Å². The van der Waals surface area contributed by atoms with Crippen molar-refractivity contribution in [1.82, 2.24) is 13.7 Å². The van der Waals surface area contributed by atoms with Gasteiger partial charge in [0.15, 0.2) is 0 Å². The van der Waals surface area contributed by atoms with Crippen LogP contribution in [0.25, 0.3) is 159 Å². The van der Waals surface area contributed by atoms with E-state index in [2.05, 4.69) is 0 Å². The monoisotopic (exact) mass is 1190 g/mol. The number of benzene rings is 14. The van der Waals surface area contributed by atoms with Crippen LogP contribution in [0, 0.1) is 0 Å². The molecule has 17 aromatic rings. The molecule has 3 aromatic heterocycles. The van der Waals surface area contributed by atoms with Crippen molar-refractivity contribution in [3.63, 3.8) is 0 Å². The minimum absolute atomic E-state index is 0.0101. The highest BCUT2D eigenvalue weighted by Crippen LogP contribution is 2.47. The first-order chi connectivity index (χ1) is 53.3. The SMILES string of the molecule is [2H]c1c([2H])c([2H])c(-c2c([2H])c3c4c(c2[2H])c2ccccc2c2ccccc2c2cccc(-c5ccccc5)c2n4-c2c([2H])c(C(C)(C)C)c([2H])c4c2B3c2c([2H])c([2H])c(-n3c5c([2H])c([2H])c([2H])c([2H])c5c5c([2H])c([2H])c([2H])c([2H])c53)c3c5ccccc5c5ccccc5c5cccc(-c6ccccc6)c5n-4c23)c([2H])c1[2H]. The van der Waals surface area contributed by atoms with Gasteiger partial charge in [-0.25, -0.2) is 0 Å². The van der Waals surface area contributed by atoms with Crippen LogP contribution in [-0.4, -0.2) is 20.4 Å². The molecule has 0 amide bonds. The number of rotatable bonds is 4. The second-order valence-corrected chi connectivity index (χ2v) is 24.7. The summed E-state index contributed by atoms with van der Waals surface area (Å²) in [5.74, 6) is 0. The number of aromatic nitrogens is 3. The minimum Gasteiger partial charge on any atom is -0.310 e. The smallest absolute Gasteiger partial charge is 0.252 e. The molecule has 19 rings (SSSR count). The fourth-order valence-electron chi connectivity index (χ4n) is 14.8. The quantitative estimate of drug-likeness (QED) is 0.156. The molecule has 0 radical (unpaired) electrons. The average Bonchev–Trinajstić information content (AvgIpc) is 1.56. The molecule has 2 aliphatic heterocycles. The molecule has 2 aliphatic rings. The Morgan fingerprint density at radius 2 is 0.728 bits per heavy atom. The van der Waals surface area contributed by atoms with Crippen LogP contribution < -0.4 is 16.4 Å². The molecule has 0 fully saturated rings. The Labute approximate surface area is 560 Å². The summed E-state index contributed by atoms with van der Waals surface area (Å²) in [5.41, 5.74) is 1.47. The molecule has 0 saturated carbocycles. The largest absolute Gasteiger partial charge is 0.310 e. The van der Waals surface area contributed by atoms with E-state index in [9.17, 15) is 24.7 Å². The summed E-state index contributed by atoms with van der Waals surface area (Å²) in [6.07, 6.45) is 0. The molecule has 0 atom stereocenters. The Kier molecular flexibility index (Phi) is 8.03. The first-order valence-corrected chi connectivity index (χ1v) is 30.7.